The number of hydrogen-bond acceptors (Lipinski definition) is 10. The monoisotopic (exact) mass is 1300 g/mol. The average Bonchev–Trinajstić information content (AvgIpc) is 1.78. The standard InChI is InChI=1S/C21H18FNO3S.C20H16FNO3S.C14H10FN.C7H7ClO3S.HI/c1-14-20-13-15(22)7-12-18(20)19-5-3-4-6-21(19)23(14)27(24,25)17-10-8-16(26-2)9-11-17;1-13-19-12-14(21)6-11-17(19)18-4-2-3-5-20(18)22(13)26(24,25)16-9-7-15(23)8-10-16;1-9-13-8-10(15)6-7-11(13)12-4-2-3-5-14(12)16-9;1-11-6-2-4-7(5-3-6)12(8,9)10;/h3-14H,1-2H3;2-13,23H,1H3;2-8H,1H3;2-5H,1H3;1H/t14-;13-;;;/m00.../s1. The normalized spacial score (nSPS) is 14.1. The number of fused-ring (bicyclic) bond motifs is 9. The summed E-state index contributed by atoms with van der Waals surface area (Å²) in [5.41, 5.74) is 7.40. The highest BCUT2D eigenvalue weighted by Crippen LogP contribution is 2.49. The lowest BCUT2D eigenvalue weighted by atomic mass is 9.90. The Morgan fingerprint density at radius 1 is 0.476 bits per heavy atom. The first-order chi connectivity index (χ1) is 38.6. The third-order valence-corrected chi connectivity index (χ3v) is 18.9. The minimum absolute atomic E-state index is 0. The van der Waals surface area contributed by atoms with Gasteiger partial charge in [0.05, 0.1) is 57.9 Å². The highest BCUT2D eigenvalue weighted by Gasteiger charge is 2.38. The van der Waals surface area contributed by atoms with Gasteiger partial charge in [0, 0.05) is 38.3 Å². The van der Waals surface area contributed by atoms with E-state index in [-0.39, 0.29) is 56.0 Å². The molecule has 2 aliphatic rings. The molecule has 82 heavy (non-hydrogen) atoms. The number of anilines is 2. The largest absolute Gasteiger partial charge is 0.508 e. The molecule has 0 aliphatic carbocycles. The van der Waals surface area contributed by atoms with Gasteiger partial charge in [-0.2, -0.15) is 0 Å². The molecule has 9 aromatic carbocycles. The summed E-state index contributed by atoms with van der Waals surface area (Å²) in [7, 11) is -3.24. The van der Waals surface area contributed by atoms with Gasteiger partial charge in [-0.1, -0.05) is 72.8 Å². The van der Waals surface area contributed by atoms with E-state index in [1.165, 1.54) is 114 Å². The third-order valence-electron chi connectivity index (χ3n) is 13.7. The van der Waals surface area contributed by atoms with Gasteiger partial charge in [0.1, 0.15) is 34.7 Å². The van der Waals surface area contributed by atoms with Gasteiger partial charge in [0.25, 0.3) is 29.1 Å². The van der Waals surface area contributed by atoms with Crippen LogP contribution in [-0.2, 0) is 29.1 Å². The van der Waals surface area contributed by atoms with E-state index >= 15 is 0 Å². The minimum Gasteiger partial charge on any atom is -0.508 e. The maximum atomic E-state index is 13.9. The van der Waals surface area contributed by atoms with Crippen LogP contribution in [0.25, 0.3) is 43.9 Å². The Labute approximate surface area is 495 Å². The number of benzene rings is 9. The predicted octanol–water partition coefficient (Wildman–Crippen LogP) is 15.3. The van der Waals surface area contributed by atoms with Crippen LogP contribution in [0.2, 0.25) is 0 Å². The Morgan fingerprint density at radius 2 is 0.878 bits per heavy atom. The molecular weight excluding hydrogens is 1250 g/mol. The number of aryl methyl sites for hydroxylation is 1. The van der Waals surface area contributed by atoms with Crippen LogP contribution in [0, 0.1) is 24.4 Å². The van der Waals surface area contributed by atoms with Crippen molar-refractivity contribution >= 4 is 96.8 Å². The SMILES string of the molecule is COc1ccc(S(=O)(=O)Cl)cc1.COc1ccc(S(=O)(=O)N2c3ccccc3-c3ccc(F)cc3[C@@H]2C)cc1.C[C@H]1c2cc(F)ccc2-c2ccccc2N1S(=O)(=O)c1ccc(O)cc1.Cc1nc2ccccc2c2ccc(F)cc12.I. The van der Waals surface area contributed by atoms with Gasteiger partial charge in [-0.15, -0.1) is 24.0 Å². The summed E-state index contributed by atoms with van der Waals surface area (Å²) in [5, 5.41) is 12.5. The third kappa shape index (κ3) is 12.4. The number of nitrogens with zero attached hydrogens (tertiary/aromatic N) is 3. The number of phenolic OH excluding ortho intramolecular Hbond substituents is 1. The lowest BCUT2D eigenvalue weighted by Crippen LogP contribution is -2.36. The lowest BCUT2D eigenvalue weighted by molar-refractivity contribution is 0.414. The minimum atomic E-state index is -3.90. The molecule has 1 aromatic heterocycles. The van der Waals surface area contributed by atoms with Crippen LogP contribution in [0.4, 0.5) is 24.5 Å². The molecule has 0 unspecified atom stereocenters. The molecule has 1 N–H and O–H groups in total. The Balaban J connectivity index is 0.000000149. The number of pyridine rings is 1. The van der Waals surface area contributed by atoms with Crippen molar-refractivity contribution in [1.82, 2.24) is 4.98 Å². The van der Waals surface area contributed by atoms with E-state index in [1.54, 1.807) is 68.4 Å². The first-order valence-electron chi connectivity index (χ1n) is 25.0. The van der Waals surface area contributed by atoms with Crippen molar-refractivity contribution < 1.29 is 53.0 Å². The topological polar surface area (TPSA) is 160 Å². The summed E-state index contributed by atoms with van der Waals surface area (Å²) in [6.45, 7) is 5.43. The number of methoxy groups -OCH3 is 2. The molecule has 0 bridgehead atoms. The summed E-state index contributed by atoms with van der Waals surface area (Å²) in [6, 6.07) is 52.6. The zero-order valence-electron chi connectivity index (χ0n) is 44.4. The van der Waals surface area contributed by atoms with E-state index in [0.717, 1.165) is 49.6 Å². The summed E-state index contributed by atoms with van der Waals surface area (Å²) < 4.78 is 129. The highest BCUT2D eigenvalue weighted by atomic mass is 127. The van der Waals surface area contributed by atoms with Gasteiger partial charge < -0.3 is 14.6 Å². The fourth-order valence-electron chi connectivity index (χ4n) is 9.80. The molecule has 422 valence electrons. The quantitative estimate of drug-likeness (QED) is 0.0924. The van der Waals surface area contributed by atoms with Gasteiger partial charge >= 0.3 is 0 Å². The number of aromatic hydroxyl groups is 1. The van der Waals surface area contributed by atoms with Crippen molar-refractivity contribution in [2.24, 2.45) is 0 Å². The zero-order chi connectivity index (χ0) is 58.0. The number of sulfonamides is 2. The van der Waals surface area contributed by atoms with Gasteiger partial charge in [-0.3, -0.25) is 13.6 Å². The van der Waals surface area contributed by atoms with E-state index in [2.05, 4.69) is 4.98 Å². The number of para-hydroxylation sites is 3. The van der Waals surface area contributed by atoms with Crippen LogP contribution in [-0.4, -0.2) is 49.6 Å². The second-order valence-electron chi connectivity index (χ2n) is 18.6. The Kier molecular flexibility index (Phi) is 18.3. The van der Waals surface area contributed by atoms with Gasteiger partial charge in [-0.25, -0.2) is 38.4 Å². The maximum absolute atomic E-state index is 13.9. The fraction of sp³-hybridized carbons (Fsp3) is 0.113. The van der Waals surface area contributed by atoms with Crippen LogP contribution in [0.5, 0.6) is 17.2 Å². The van der Waals surface area contributed by atoms with E-state index in [1.807, 2.05) is 61.5 Å². The molecule has 20 heteroatoms. The van der Waals surface area contributed by atoms with Crippen LogP contribution in [0.15, 0.2) is 215 Å². The number of rotatable bonds is 7. The lowest BCUT2D eigenvalue weighted by Gasteiger charge is -2.37. The van der Waals surface area contributed by atoms with E-state index in [0.29, 0.717) is 34.0 Å². The average molecular weight is 1300 g/mol. The first-order valence-corrected chi connectivity index (χ1v) is 30.1. The Morgan fingerprint density at radius 3 is 1.34 bits per heavy atom. The molecule has 2 aliphatic heterocycles. The molecule has 0 saturated heterocycles. The van der Waals surface area contributed by atoms with Crippen LogP contribution in [0.1, 0.15) is 42.8 Å². The summed E-state index contributed by atoms with van der Waals surface area (Å²) in [5.74, 6) is 0.155. The molecule has 0 spiro atoms. The molecule has 10 aromatic rings. The number of halogens is 5. The molecule has 0 fully saturated rings. The summed E-state index contributed by atoms with van der Waals surface area (Å²) in [6.07, 6.45) is 0. The van der Waals surface area contributed by atoms with Gasteiger partial charge in [-0.05, 0) is 176 Å². The number of ether oxygens (including phenoxy) is 2. The van der Waals surface area contributed by atoms with Gasteiger partial charge in [0.15, 0.2) is 0 Å². The number of aromatic nitrogens is 1. The second-order valence-corrected chi connectivity index (χ2v) is 24.8. The number of hydrogen-bond donors (Lipinski definition) is 1. The Bertz CT molecular complexity index is 4340. The molecule has 2 atom stereocenters. The molecule has 12 nitrogen and oxygen atoms in total. The summed E-state index contributed by atoms with van der Waals surface area (Å²) in [4.78, 5) is 4.78. The van der Waals surface area contributed by atoms with Gasteiger partial charge in [0.2, 0.25) is 0 Å². The molecule has 0 amide bonds. The van der Waals surface area contributed by atoms with Crippen LogP contribution >= 0.6 is 34.7 Å². The van der Waals surface area contributed by atoms with Crippen molar-refractivity contribution in [3.63, 3.8) is 0 Å². The molecular formula is C62H52ClF3IN3O9S3. The molecule has 12 rings (SSSR count). The molecule has 0 radical (unpaired) electrons. The van der Waals surface area contributed by atoms with Crippen molar-refractivity contribution in [3.8, 4) is 39.5 Å². The van der Waals surface area contributed by atoms with Crippen molar-refractivity contribution in [3.05, 3.63) is 234 Å². The fourth-order valence-corrected chi connectivity index (χ4v) is 13.9. The number of phenols is 1. The van der Waals surface area contributed by atoms with Crippen LogP contribution in [0.3, 0.4) is 0 Å². The van der Waals surface area contributed by atoms with Crippen molar-refractivity contribution in [1.29, 1.82) is 0 Å². The Hall–Kier alpha value is -7.69. The van der Waals surface area contributed by atoms with Crippen molar-refractivity contribution in [2.75, 3.05) is 22.8 Å². The predicted molar refractivity (Wildman–Crippen MR) is 326 cm³/mol. The molecule has 3 heterocycles. The van der Waals surface area contributed by atoms with Crippen LogP contribution < -0.4 is 18.1 Å². The zero-order valence-corrected chi connectivity index (χ0v) is 49.9. The smallest absolute Gasteiger partial charge is 0.264 e. The van der Waals surface area contributed by atoms with E-state index < -0.39 is 47.0 Å². The van der Waals surface area contributed by atoms with E-state index in [9.17, 15) is 43.5 Å². The second kappa shape index (κ2) is 24.8. The van der Waals surface area contributed by atoms with Crippen molar-refractivity contribution in [2.45, 2.75) is 47.5 Å². The molecule has 0 saturated carbocycles. The van der Waals surface area contributed by atoms with E-state index in [4.69, 9.17) is 20.2 Å². The highest BCUT2D eigenvalue weighted by molar-refractivity contribution is 14.0. The first kappa shape index (κ1) is 60.4. The maximum Gasteiger partial charge on any atom is 0.264 e. The summed E-state index contributed by atoms with van der Waals surface area (Å²) >= 11 is 0.